The summed E-state index contributed by atoms with van der Waals surface area (Å²) in [6.45, 7) is 20.6. The van der Waals surface area contributed by atoms with Crippen molar-refractivity contribution in [2.24, 2.45) is 5.92 Å². The van der Waals surface area contributed by atoms with E-state index in [9.17, 15) is 4.79 Å². The third-order valence-corrected chi connectivity index (χ3v) is 15.8. The van der Waals surface area contributed by atoms with Gasteiger partial charge in [-0.3, -0.25) is 4.79 Å². The monoisotopic (exact) mass is 476 g/mol. The largest absolute Gasteiger partial charge is 0.518 e. The molecule has 0 heterocycles. The Morgan fingerprint density at radius 3 is 1.61 bits per heavy atom. The Hall–Kier alpha value is -0.216. The van der Waals surface area contributed by atoms with Gasteiger partial charge in [0.05, 0.1) is 5.92 Å². The van der Waals surface area contributed by atoms with Crippen molar-refractivity contribution < 1.29 is 22.5 Å². The fourth-order valence-corrected chi connectivity index (χ4v) is 12.5. The molecule has 0 fully saturated rings. The fourth-order valence-electron chi connectivity index (χ4n) is 4.46. The minimum absolute atomic E-state index is 0.0845. The third kappa shape index (κ3) is 9.66. The molecule has 0 rings (SSSR count). The smallest absolute Gasteiger partial charge is 0.501 e. The molecule has 0 saturated carbocycles. The molecule has 5 nitrogen and oxygen atoms in total. The van der Waals surface area contributed by atoms with Gasteiger partial charge in [0.15, 0.2) is 0 Å². The van der Waals surface area contributed by atoms with E-state index in [1.54, 1.807) is 0 Å². The van der Waals surface area contributed by atoms with Gasteiger partial charge in [-0.1, -0.05) is 80.1 Å². The summed E-state index contributed by atoms with van der Waals surface area (Å²) in [6.07, 6.45) is 6.97. The normalized spacial score (nSPS) is 17.1. The van der Waals surface area contributed by atoms with E-state index in [-0.39, 0.29) is 11.9 Å². The van der Waals surface area contributed by atoms with Gasteiger partial charge >= 0.3 is 8.80 Å². The van der Waals surface area contributed by atoms with Gasteiger partial charge in [0.2, 0.25) is 0 Å². The zero-order valence-electron chi connectivity index (χ0n) is 22.1. The van der Waals surface area contributed by atoms with Crippen LogP contribution in [0.2, 0.25) is 23.2 Å². The average Bonchev–Trinajstić information content (AvgIpc) is 2.75. The molecule has 0 bridgehead atoms. The molecule has 7 heteroatoms. The Labute approximate surface area is 195 Å². The summed E-state index contributed by atoms with van der Waals surface area (Å²) in [6, 6.07) is 1.54. The van der Waals surface area contributed by atoms with Crippen molar-refractivity contribution in [1.82, 2.24) is 0 Å². The molecule has 0 spiro atoms. The first-order chi connectivity index (χ1) is 14.7. The topological polar surface area (TPSA) is 54.0 Å². The lowest BCUT2D eigenvalue weighted by molar-refractivity contribution is -0.139. The van der Waals surface area contributed by atoms with Crippen molar-refractivity contribution in [3.8, 4) is 0 Å². The average molecular weight is 477 g/mol. The maximum absolute atomic E-state index is 13.4. The molecule has 0 aromatic heterocycles. The minimum Gasteiger partial charge on any atom is -0.518 e. The molecule has 0 amide bonds. The molecule has 0 aliphatic rings. The van der Waals surface area contributed by atoms with Crippen LogP contribution in [0.1, 0.15) is 101 Å². The van der Waals surface area contributed by atoms with Crippen molar-refractivity contribution in [3.63, 3.8) is 0 Å². The summed E-state index contributed by atoms with van der Waals surface area (Å²) in [4.78, 5) is 13.4. The van der Waals surface area contributed by atoms with Gasteiger partial charge in [-0.15, -0.1) is 0 Å². The molecule has 3 atom stereocenters. The molecule has 0 saturated heterocycles. The molecule has 31 heavy (non-hydrogen) atoms. The summed E-state index contributed by atoms with van der Waals surface area (Å²) in [5.74, 6) is -0.384. The zero-order valence-corrected chi connectivity index (χ0v) is 24.1. The highest BCUT2D eigenvalue weighted by atomic mass is 28.4. The van der Waals surface area contributed by atoms with E-state index in [0.717, 1.165) is 25.3 Å². The molecular weight excluding hydrogens is 424 g/mol. The van der Waals surface area contributed by atoms with Crippen molar-refractivity contribution in [2.75, 3.05) is 19.8 Å². The van der Waals surface area contributed by atoms with Crippen LogP contribution in [-0.2, 0) is 22.5 Å². The van der Waals surface area contributed by atoms with Gasteiger partial charge in [-0.25, -0.2) is 0 Å². The SMILES string of the molecule is CCCCCC[Si](OC(=O)C(C)C[Si](OCC)(OCC)OCC)(C(C)CC)C(C)CC. The quantitative estimate of drug-likeness (QED) is 0.144. The Balaban J connectivity index is 5.65. The Bertz CT molecular complexity index is 448. The van der Waals surface area contributed by atoms with Crippen LogP contribution < -0.4 is 0 Å². The number of hydrogen-bond acceptors (Lipinski definition) is 5. The molecule has 186 valence electrons. The van der Waals surface area contributed by atoms with E-state index >= 15 is 0 Å². The molecule has 0 aromatic carbocycles. The van der Waals surface area contributed by atoms with E-state index in [1.165, 1.54) is 19.3 Å². The lowest BCUT2D eigenvalue weighted by Gasteiger charge is -2.41. The summed E-state index contributed by atoms with van der Waals surface area (Å²) < 4.78 is 24.6. The summed E-state index contributed by atoms with van der Waals surface area (Å²) >= 11 is 0. The lowest BCUT2D eigenvalue weighted by atomic mass is 10.2. The Morgan fingerprint density at radius 2 is 1.23 bits per heavy atom. The highest BCUT2D eigenvalue weighted by Crippen LogP contribution is 2.43. The minimum atomic E-state index is -2.89. The van der Waals surface area contributed by atoms with Crippen LogP contribution in [0.4, 0.5) is 0 Å². The van der Waals surface area contributed by atoms with E-state index in [0.29, 0.717) is 36.9 Å². The van der Waals surface area contributed by atoms with E-state index < -0.39 is 17.1 Å². The number of unbranched alkanes of at least 4 members (excludes halogenated alkanes) is 3. The van der Waals surface area contributed by atoms with Gasteiger partial charge in [-0.05, 0) is 37.9 Å². The molecule has 0 radical (unpaired) electrons. The number of hydrogen-bond donors (Lipinski definition) is 0. The summed E-state index contributed by atoms with van der Waals surface area (Å²) in [7, 11) is -5.15. The van der Waals surface area contributed by atoms with Gasteiger partial charge in [0.1, 0.15) is 0 Å². The van der Waals surface area contributed by atoms with E-state index in [1.807, 2.05) is 27.7 Å². The van der Waals surface area contributed by atoms with Crippen LogP contribution in [0.15, 0.2) is 0 Å². The van der Waals surface area contributed by atoms with Crippen LogP contribution in [0, 0.1) is 5.92 Å². The summed E-state index contributed by atoms with van der Waals surface area (Å²) in [5, 5.41) is 0. The van der Waals surface area contributed by atoms with E-state index in [2.05, 4.69) is 34.6 Å². The standard InChI is InChI=1S/C24H52O5Si2/c1-10-16-17-18-19-30(22(8)11-2,23(9)12-3)29-24(25)21(7)20-31(26-13-4,27-14-5)28-15-6/h21-23H,10-20H2,1-9H3. The first-order valence-corrected chi connectivity index (χ1v) is 17.1. The van der Waals surface area contributed by atoms with Crippen LogP contribution in [0.25, 0.3) is 0 Å². The van der Waals surface area contributed by atoms with Crippen LogP contribution >= 0.6 is 0 Å². The molecule has 0 N–H and O–H groups in total. The Kier molecular flexibility index (Phi) is 16.3. The van der Waals surface area contributed by atoms with Gasteiger partial charge in [-0.2, -0.15) is 0 Å². The predicted octanol–water partition coefficient (Wildman–Crippen LogP) is 7.34. The number of rotatable bonds is 19. The predicted molar refractivity (Wildman–Crippen MR) is 135 cm³/mol. The van der Waals surface area contributed by atoms with Crippen molar-refractivity contribution in [1.29, 1.82) is 0 Å². The molecule has 0 aliphatic heterocycles. The highest BCUT2D eigenvalue weighted by molar-refractivity contribution is 6.77. The van der Waals surface area contributed by atoms with Crippen LogP contribution in [-0.4, -0.2) is 42.9 Å². The maximum Gasteiger partial charge on any atom is 0.501 e. The molecular formula is C24H52O5Si2. The second-order valence-corrected chi connectivity index (χ2v) is 16.1. The van der Waals surface area contributed by atoms with Crippen molar-refractivity contribution in [3.05, 3.63) is 0 Å². The molecule has 0 aromatic rings. The Morgan fingerprint density at radius 1 is 0.742 bits per heavy atom. The van der Waals surface area contributed by atoms with Gasteiger partial charge < -0.3 is 17.7 Å². The third-order valence-electron chi connectivity index (χ3n) is 6.66. The first-order valence-electron chi connectivity index (χ1n) is 12.9. The zero-order chi connectivity index (χ0) is 23.9. The van der Waals surface area contributed by atoms with Crippen molar-refractivity contribution >= 4 is 23.1 Å². The van der Waals surface area contributed by atoms with Gasteiger partial charge in [0.25, 0.3) is 14.3 Å². The van der Waals surface area contributed by atoms with Crippen LogP contribution in [0.3, 0.4) is 0 Å². The van der Waals surface area contributed by atoms with E-state index in [4.69, 9.17) is 17.7 Å². The highest BCUT2D eigenvalue weighted by Gasteiger charge is 2.49. The second kappa shape index (κ2) is 16.4. The summed E-state index contributed by atoms with van der Waals surface area (Å²) in [5.41, 5.74) is 0.904. The maximum atomic E-state index is 13.4. The number of carbonyl (C=O) groups excluding carboxylic acids is 1. The molecule has 0 aliphatic carbocycles. The number of carbonyl (C=O) groups is 1. The molecule has 3 unspecified atom stereocenters. The lowest BCUT2D eigenvalue weighted by Crippen LogP contribution is -2.51. The second-order valence-electron chi connectivity index (χ2n) is 8.89. The van der Waals surface area contributed by atoms with Crippen LogP contribution in [0.5, 0.6) is 0 Å². The first kappa shape index (κ1) is 30.8. The van der Waals surface area contributed by atoms with Gasteiger partial charge in [0, 0.05) is 25.9 Å². The fraction of sp³-hybridized carbons (Fsp3) is 0.958. The van der Waals surface area contributed by atoms with Crippen molar-refractivity contribution in [2.45, 2.75) is 124 Å².